The van der Waals surface area contributed by atoms with Crippen LogP contribution in [0.25, 0.3) is 6.08 Å². The first kappa shape index (κ1) is 17.0. The fraction of sp³-hybridized carbons (Fsp3) is 0.0588. The van der Waals surface area contributed by atoms with Gasteiger partial charge in [-0.2, -0.15) is 0 Å². The molecule has 7 heteroatoms. The predicted molar refractivity (Wildman–Crippen MR) is 95.0 cm³/mol. The van der Waals surface area contributed by atoms with E-state index in [1.165, 1.54) is 19.1 Å². The van der Waals surface area contributed by atoms with Crippen LogP contribution in [0.2, 0.25) is 0 Å². The topological polar surface area (TPSA) is 125 Å². The molecule has 0 aliphatic heterocycles. The number of nitrogens with zero attached hydrogens (tertiary/aromatic N) is 2. The Labute approximate surface area is 138 Å². The zero-order valence-electron chi connectivity index (χ0n) is 13.0. The Morgan fingerprint density at radius 3 is 2.67 bits per heavy atom. The van der Waals surface area contributed by atoms with Crippen molar-refractivity contribution < 1.29 is 4.39 Å². The number of pyridine rings is 1. The maximum absolute atomic E-state index is 14.0. The molecular formula is C17H17FN6. The van der Waals surface area contributed by atoms with Crippen LogP contribution in [0, 0.1) is 16.6 Å². The summed E-state index contributed by atoms with van der Waals surface area (Å²) in [5.74, 6) is -0.864. The van der Waals surface area contributed by atoms with Crippen LogP contribution in [0.4, 0.5) is 10.1 Å². The van der Waals surface area contributed by atoms with E-state index in [0.29, 0.717) is 5.56 Å². The normalized spacial score (nSPS) is 11.7. The SMILES string of the molecule is CC(N)=NC(=N)c1cc(C(=N)/C=C/c2cccnc2)c(N)cc1F. The average Bonchev–Trinajstić information content (AvgIpc) is 2.53. The summed E-state index contributed by atoms with van der Waals surface area (Å²) in [5.41, 5.74) is 12.5. The molecule has 0 aliphatic rings. The number of aromatic nitrogens is 1. The van der Waals surface area contributed by atoms with Crippen LogP contribution < -0.4 is 11.5 Å². The molecule has 0 aliphatic carbocycles. The standard InChI is InChI=1S/C17H17FN6/c1-10(19)24-17(22)12-7-13(16(21)8-14(12)18)15(20)5-4-11-3-2-6-23-9-11/h2-9,20H,21H2,1H3,(H3,19,22,24)/b5-4+,20-15?. The quantitative estimate of drug-likeness (QED) is 0.392. The number of aliphatic imine (C=N–C) groups is 1. The van der Waals surface area contributed by atoms with Crippen LogP contribution >= 0.6 is 0 Å². The third-order valence-electron chi connectivity index (χ3n) is 3.10. The molecule has 0 saturated heterocycles. The van der Waals surface area contributed by atoms with Gasteiger partial charge in [-0.3, -0.25) is 10.4 Å². The van der Waals surface area contributed by atoms with E-state index in [0.717, 1.165) is 11.6 Å². The van der Waals surface area contributed by atoms with Gasteiger partial charge in [-0.1, -0.05) is 12.1 Å². The maximum atomic E-state index is 14.0. The van der Waals surface area contributed by atoms with Crippen molar-refractivity contribution >= 4 is 29.1 Å². The third kappa shape index (κ3) is 4.10. The summed E-state index contributed by atoms with van der Waals surface area (Å²) in [5, 5.41) is 15.9. The fourth-order valence-corrected chi connectivity index (χ4v) is 1.98. The van der Waals surface area contributed by atoms with E-state index in [9.17, 15) is 4.39 Å². The molecule has 0 amide bonds. The lowest BCUT2D eigenvalue weighted by atomic mass is 10.0. The lowest BCUT2D eigenvalue weighted by Gasteiger charge is -2.09. The lowest BCUT2D eigenvalue weighted by Crippen LogP contribution is -2.12. The highest BCUT2D eigenvalue weighted by atomic mass is 19.1. The van der Waals surface area contributed by atoms with Gasteiger partial charge in [0, 0.05) is 23.6 Å². The van der Waals surface area contributed by atoms with E-state index < -0.39 is 5.82 Å². The molecule has 1 heterocycles. The first-order valence-electron chi connectivity index (χ1n) is 7.04. The van der Waals surface area contributed by atoms with Crippen molar-refractivity contribution in [2.24, 2.45) is 10.7 Å². The number of nitrogens with two attached hydrogens (primary N) is 2. The Hall–Kier alpha value is -3.35. The molecule has 6 N–H and O–H groups in total. The molecule has 0 spiro atoms. The molecule has 122 valence electrons. The van der Waals surface area contributed by atoms with E-state index in [4.69, 9.17) is 22.3 Å². The number of nitrogen functional groups attached to an aromatic ring is 1. The van der Waals surface area contributed by atoms with Crippen molar-refractivity contribution in [2.45, 2.75) is 6.92 Å². The second-order valence-corrected chi connectivity index (χ2v) is 5.05. The van der Waals surface area contributed by atoms with Crippen molar-refractivity contribution in [3.63, 3.8) is 0 Å². The Morgan fingerprint density at radius 2 is 2.04 bits per heavy atom. The number of rotatable bonds is 4. The summed E-state index contributed by atoms with van der Waals surface area (Å²) in [4.78, 5) is 7.71. The summed E-state index contributed by atoms with van der Waals surface area (Å²) >= 11 is 0. The molecule has 1 aromatic carbocycles. The Morgan fingerprint density at radius 1 is 1.29 bits per heavy atom. The summed E-state index contributed by atoms with van der Waals surface area (Å²) in [6, 6.07) is 6.02. The average molecular weight is 324 g/mol. The number of anilines is 1. The van der Waals surface area contributed by atoms with Crippen molar-refractivity contribution in [1.82, 2.24) is 4.98 Å². The van der Waals surface area contributed by atoms with Gasteiger partial charge >= 0.3 is 0 Å². The lowest BCUT2D eigenvalue weighted by molar-refractivity contribution is 0.625. The van der Waals surface area contributed by atoms with Crippen LogP contribution in [0.3, 0.4) is 0 Å². The van der Waals surface area contributed by atoms with Crippen LogP contribution in [0.1, 0.15) is 23.6 Å². The summed E-state index contributed by atoms with van der Waals surface area (Å²) in [6.45, 7) is 1.50. The summed E-state index contributed by atoms with van der Waals surface area (Å²) in [7, 11) is 0. The van der Waals surface area contributed by atoms with E-state index in [1.54, 1.807) is 24.5 Å². The zero-order valence-corrected chi connectivity index (χ0v) is 13.0. The Bertz CT molecular complexity index is 836. The molecule has 0 fully saturated rings. The smallest absolute Gasteiger partial charge is 0.156 e. The highest BCUT2D eigenvalue weighted by molar-refractivity contribution is 6.13. The third-order valence-corrected chi connectivity index (χ3v) is 3.10. The van der Waals surface area contributed by atoms with Crippen LogP contribution in [-0.2, 0) is 0 Å². The highest BCUT2D eigenvalue weighted by Gasteiger charge is 2.13. The van der Waals surface area contributed by atoms with Crippen LogP contribution in [0.5, 0.6) is 0 Å². The predicted octanol–water partition coefficient (Wildman–Crippen LogP) is 2.59. The number of allylic oxidation sites excluding steroid dienone is 1. The molecule has 6 nitrogen and oxygen atoms in total. The molecule has 2 rings (SSSR count). The van der Waals surface area contributed by atoms with Crippen molar-refractivity contribution in [3.05, 3.63) is 65.2 Å². The maximum Gasteiger partial charge on any atom is 0.156 e. The zero-order chi connectivity index (χ0) is 17.7. The number of halogens is 1. The molecule has 0 atom stereocenters. The van der Waals surface area contributed by atoms with Gasteiger partial charge in [0.1, 0.15) is 5.82 Å². The fourth-order valence-electron chi connectivity index (χ4n) is 1.98. The monoisotopic (exact) mass is 324 g/mol. The van der Waals surface area contributed by atoms with Gasteiger partial charge in [0.2, 0.25) is 0 Å². The molecule has 0 saturated carbocycles. The largest absolute Gasteiger partial charge is 0.398 e. The first-order valence-corrected chi connectivity index (χ1v) is 7.04. The molecule has 1 aromatic heterocycles. The first-order chi connectivity index (χ1) is 11.4. The van der Waals surface area contributed by atoms with Gasteiger partial charge in [0.25, 0.3) is 0 Å². The minimum Gasteiger partial charge on any atom is -0.398 e. The second kappa shape index (κ2) is 7.28. The minimum atomic E-state index is -0.685. The number of hydrogen-bond donors (Lipinski definition) is 4. The number of amidine groups is 2. The Kier molecular flexibility index (Phi) is 5.16. The van der Waals surface area contributed by atoms with Crippen molar-refractivity contribution in [3.8, 4) is 0 Å². The van der Waals surface area contributed by atoms with Gasteiger partial charge < -0.3 is 16.9 Å². The van der Waals surface area contributed by atoms with Crippen LogP contribution in [-0.4, -0.2) is 22.4 Å². The van der Waals surface area contributed by atoms with Gasteiger partial charge in [-0.05, 0) is 36.8 Å². The Balaban J connectivity index is 2.36. The van der Waals surface area contributed by atoms with Crippen molar-refractivity contribution in [2.75, 3.05) is 5.73 Å². The summed E-state index contributed by atoms with van der Waals surface area (Å²) in [6.07, 6.45) is 6.53. The number of hydrogen-bond acceptors (Lipinski definition) is 4. The molecule has 24 heavy (non-hydrogen) atoms. The van der Waals surface area contributed by atoms with Crippen molar-refractivity contribution in [1.29, 1.82) is 10.8 Å². The van der Waals surface area contributed by atoms with E-state index in [-0.39, 0.29) is 28.6 Å². The van der Waals surface area contributed by atoms with Gasteiger partial charge in [-0.15, -0.1) is 0 Å². The van der Waals surface area contributed by atoms with Gasteiger partial charge in [0.15, 0.2) is 5.84 Å². The molecule has 0 unspecified atom stereocenters. The van der Waals surface area contributed by atoms with E-state index >= 15 is 0 Å². The minimum absolute atomic E-state index is 0.0662. The highest BCUT2D eigenvalue weighted by Crippen LogP contribution is 2.20. The molecule has 0 radical (unpaired) electrons. The molecular weight excluding hydrogens is 307 g/mol. The van der Waals surface area contributed by atoms with Gasteiger partial charge in [0.05, 0.1) is 17.1 Å². The second-order valence-electron chi connectivity index (χ2n) is 5.05. The number of benzene rings is 1. The molecule has 0 bridgehead atoms. The summed E-state index contributed by atoms with van der Waals surface area (Å²) < 4.78 is 14.0. The van der Waals surface area contributed by atoms with E-state index in [2.05, 4.69) is 9.98 Å². The van der Waals surface area contributed by atoms with Crippen LogP contribution in [0.15, 0.2) is 47.7 Å². The van der Waals surface area contributed by atoms with E-state index in [1.807, 2.05) is 6.07 Å². The van der Waals surface area contributed by atoms with Gasteiger partial charge in [-0.25, -0.2) is 9.38 Å². The molecule has 2 aromatic rings. The number of nitrogens with one attached hydrogen (secondary N) is 2.